The molecule has 1 rings (SSSR count). The van der Waals surface area contributed by atoms with E-state index in [1.807, 2.05) is 0 Å². The van der Waals surface area contributed by atoms with E-state index in [1.54, 1.807) is 0 Å². The molecule has 4 nitrogen and oxygen atoms in total. The second-order valence-electron chi connectivity index (χ2n) is 2.70. The number of esters is 1. The van der Waals surface area contributed by atoms with Gasteiger partial charge in [-0.2, -0.15) is 0 Å². The van der Waals surface area contributed by atoms with E-state index in [0.29, 0.717) is 0 Å². The predicted octanol–water partition coefficient (Wildman–Crippen LogP) is 2.47. The maximum absolute atomic E-state index is 12.6. The highest BCUT2D eigenvalue weighted by Gasteiger charge is 2.26. The third kappa shape index (κ3) is 2.38. The van der Waals surface area contributed by atoms with Gasteiger partial charge in [0.25, 0.3) is 6.43 Å². The summed E-state index contributed by atoms with van der Waals surface area (Å²) in [6.07, 6.45) is -2.94. The molecule has 0 unspecified atom stereocenters. The Balaban J connectivity index is 3.45. The van der Waals surface area contributed by atoms with Crippen molar-refractivity contribution in [2.75, 3.05) is 14.2 Å². The molecule has 0 N–H and O–H groups in total. The Kier molecular flexibility index (Phi) is 4.00. The first-order valence-corrected chi connectivity index (χ1v) is 4.50. The van der Waals surface area contributed by atoms with Crippen LogP contribution in [0.5, 0.6) is 5.75 Å². The standard InChI is InChI=1S/C9H8ClF2NO3/c1-15-4-3-5(10)13-7(8(11)12)6(4)9(14)16-2/h3,8H,1-2H3. The van der Waals surface area contributed by atoms with Gasteiger partial charge in [0.1, 0.15) is 22.2 Å². The van der Waals surface area contributed by atoms with E-state index >= 15 is 0 Å². The van der Waals surface area contributed by atoms with Crippen LogP contribution in [0.1, 0.15) is 22.5 Å². The molecule has 0 radical (unpaired) electrons. The van der Waals surface area contributed by atoms with E-state index in [1.165, 1.54) is 13.2 Å². The van der Waals surface area contributed by atoms with Crippen LogP contribution in [-0.2, 0) is 4.74 Å². The molecule has 0 aliphatic rings. The van der Waals surface area contributed by atoms with Crippen LogP contribution in [0.15, 0.2) is 6.07 Å². The Morgan fingerprint density at radius 2 is 2.12 bits per heavy atom. The summed E-state index contributed by atoms with van der Waals surface area (Å²) in [6, 6.07) is 1.17. The largest absolute Gasteiger partial charge is 0.496 e. The fourth-order valence-electron chi connectivity index (χ4n) is 1.14. The Labute approximate surface area is 95.1 Å². The van der Waals surface area contributed by atoms with Gasteiger partial charge in [0.15, 0.2) is 0 Å². The molecule has 16 heavy (non-hydrogen) atoms. The van der Waals surface area contributed by atoms with Crippen molar-refractivity contribution in [3.8, 4) is 5.75 Å². The van der Waals surface area contributed by atoms with Gasteiger partial charge < -0.3 is 9.47 Å². The molecule has 0 amide bonds. The molecular weight excluding hydrogens is 244 g/mol. The van der Waals surface area contributed by atoms with Crippen molar-refractivity contribution < 1.29 is 23.0 Å². The Morgan fingerprint density at radius 3 is 2.56 bits per heavy atom. The van der Waals surface area contributed by atoms with E-state index in [-0.39, 0.29) is 10.9 Å². The van der Waals surface area contributed by atoms with Crippen LogP contribution in [0, 0.1) is 0 Å². The number of hydrogen-bond acceptors (Lipinski definition) is 4. The van der Waals surface area contributed by atoms with E-state index in [4.69, 9.17) is 16.3 Å². The van der Waals surface area contributed by atoms with Crippen molar-refractivity contribution in [3.05, 3.63) is 22.5 Å². The summed E-state index contributed by atoms with van der Waals surface area (Å²) < 4.78 is 34.4. The zero-order chi connectivity index (χ0) is 12.3. The minimum absolute atomic E-state index is 0.0952. The highest BCUT2D eigenvalue weighted by atomic mass is 35.5. The molecule has 1 aromatic rings. The Hall–Kier alpha value is -1.43. The maximum atomic E-state index is 12.6. The van der Waals surface area contributed by atoms with Crippen molar-refractivity contribution in [2.24, 2.45) is 0 Å². The Morgan fingerprint density at radius 1 is 1.50 bits per heavy atom. The smallest absolute Gasteiger partial charge is 0.343 e. The maximum Gasteiger partial charge on any atom is 0.343 e. The number of nitrogens with zero attached hydrogens (tertiary/aromatic N) is 1. The second-order valence-corrected chi connectivity index (χ2v) is 3.09. The van der Waals surface area contributed by atoms with Crippen molar-refractivity contribution in [1.29, 1.82) is 0 Å². The van der Waals surface area contributed by atoms with Gasteiger partial charge in [0.05, 0.1) is 14.2 Å². The van der Waals surface area contributed by atoms with Gasteiger partial charge in [0.2, 0.25) is 0 Å². The van der Waals surface area contributed by atoms with Crippen LogP contribution in [0.25, 0.3) is 0 Å². The van der Waals surface area contributed by atoms with Crippen molar-refractivity contribution in [3.63, 3.8) is 0 Å². The third-order valence-corrected chi connectivity index (χ3v) is 1.99. The zero-order valence-corrected chi connectivity index (χ0v) is 9.22. The van der Waals surface area contributed by atoms with Gasteiger partial charge in [-0.25, -0.2) is 18.6 Å². The topological polar surface area (TPSA) is 48.4 Å². The van der Waals surface area contributed by atoms with Gasteiger partial charge in [-0.05, 0) is 0 Å². The molecule has 7 heteroatoms. The highest BCUT2D eigenvalue weighted by Crippen LogP contribution is 2.31. The molecule has 0 saturated carbocycles. The lowest BCUT2D eigenvalue weighted by molar-refractivity contribution is 0.0583. The minimum Gasteiger partial charge on any atom is -0.496 e. The number of carbonyl (C=O) groups is 1. The summed E-state index contributed by atoms with van der Waals surface area (Å²) in [5.74, 6) is -1.04. The van der Waals surface area contributed by atoms with E-state index in [2.05, 4.69) is 9.72 Å². The molecule has 0 saturated heterocycles. The summed E-state index contributed by atoms with van der Waals surface area (Å²) in [6.45, 7) is 0. The van der Waals surface area contributed by atoms with E-state index in [9.17, 15) is 13.6 Å². The summed E-state index contributed by atoms with van der Waals surface area (Å²) >= 11 is 5.52. The summed E-state index contributed by atoms with van der Waals surface area (Å²) in [5.41, 5.74) is -1.17. The molecule has 0 aromatic carbocycles. The molecule has 1 heterocycles. The lowest BCUT2D eigenvalue weighted by Crippen LogP contribution is -2.10. The number of pyridine rings is 1. The SMILES string of the molecule is COC(=O)c1c(OC)cc(Cl)nc1C(F)F. The molecule has 0 bridgehead atoms. The fourth-order valence-corrected chi connectivity index (χ4v) is 1.33. The van der Waals surface area contributed by atoms with Crippen LogP contribution in [0.3, 0.4) is 0 Å². The quantitative estimate of drug-likeness (QED) is 0.612. The number of alkyl halides is 2. The number of carbonyl (C=O) groups excluding carboxylic acids is 1. The summed E-state index contributed by atoms with van der Waals surface area (Å²) in [4.78, 5) is 14.7. The van der Waals surface area contributed by atoms with E-state index < -0.39 is 23.7 Å². The predicted molar refractivity (Wildman–Crippen MR) is 52.1 cm³/mol. The molecule has 0 spiro atoms. The lowest BCUT2D eigenvalue weighted by Gasteiger charge is -2.11. The lowest BCUT2D eigenvalue weighted by atomic mass is 10.2. The third-order valence-electron chi connectivity index (χ3n) is 1.80. The zero-order valence-electron chi connectivity index (χ0n) is 8.46. The van der Waals surface area contributed by atoms with Crippen LogP contribution < -0.4 is 4.74 Å². The van der Waals surface area contributed by atoms with Gasteiger partial charge >= 0.3 is 5.97 Å². The molecule has 0 fully saturated rings. The Bertz CT molecular complexity index is 412. The molecule has 1 aromatic heterocycles. The highest BCUT2D eigenvalue weighted by molar-refractivity contribution is 6.29. The van der Waals surface area contributed by atoms with E-state index in [0.717, 1.165) is 7.11 Å². The molecule has 0 aliphatic carbocycles. The first-order valence-electron chi connectivity index (χ1n) is 4.12. The monoisotopic (exact) mass is 251 g/mol. The molecule has 88 valence electrons. The first-order chi connectivity index (χ1) is 7.51. The normalized spacial score (nSPS) is 10.4. The minimum atomic E-state index is -2.94. The fraction of sp³-hybridized carbons (Fsp3) is 0.333. The number of aromatic nitrogens is 1. The average molecular weight is 252 g/mol. The molecular formula is C9H8ClF2NO3. The summed E-state index contributed by atoms with van der Waals surface area (Å²) in [5, 5.41) is -0.181. The number of hydrogen-bond donors (Lipinski definition) is 0. The number of methoxy groups -OCH3 is 2. The number of halogens is 3. The number of ether oxygens (including phenoxy) is 2. The van der Waals surface area contributed by atoms with Crippen molar-refractivity contribution in [2.45, 2.75) is 6.43 Å². The van der Waals surface area contributed by atoms with Gasteiger partial charge in [0, 0.05) is 6.07 Å². The van der Waals surface area contributed by atoms with Crippen LogP contribution in [-0.4, -0.2) is 25.2 Å². The van der Waals surface area contributed by atoms with Crippen LogP contribution in [0.2, 0.25) is 5.15 Å². The van der Waals surface area contributed by atoms with Gasteiger partial charge in [-0.3, -0.25) is 0 Å². The molecule has 0 atom stereocenters. The van der Waals surface area contributed by atoms with Crippen molar-refractivity contribution in [1.82, 2.24) is 4.98 Å². The first kappa shape index (κ1) is 12.6. The molecule has 0 aliphatic heterocycles. The van der Waals surface area contributed by atoms with Crippen LogP contribution in [0.4, 0.5) is 8.78 Å². The van der Waals surface area contributed by atoms with Crippen molar-refractivity contribution >= 4 is 17.6 Å². The summed E-state index contributed by atoms with van der Waals surface area (Å²) in [7, 11) is 2.30. The second kappa shape index (κ2) is 5.07. The van der Waals surface area contributed by atoms with Gasteiger partial charge in [-0.1, -0.05) is 11.6 Å². The van der Waals surface area contributed by atoms with Crippen LogP contribution >= 0.6 is 11.6 Å². The van der Waals surface area contributed by atoms with Gasteiger partial charge in [-0.15, -0.1) is 0 Å². The number of rotatable bonds is 3. The average Bonchev–Trinajstić information content (AvgIpc) is 2.26.